The Labute approximate surface area is 180 Å². The van der Waals surface area contributed by atoms with Gasteiger partial charge in [-0.1, -0.05) is 48.5 Å². The van der Waals surface area contributed by atoms with E-state index in [4.69, 9.17) is 4.42 Å². The number of para-hydroxylation sites is 1. The third-order valence-corrected chi connectivity index (χ3v) is 5.05. The topological polar surface area (TPSA) is 76.3 Å². The molecule has 2 heterocycles. The van der Waals surface area contributed by atoms with E-state index in [1.807, 2.05) is 60.7 Å². The molecule has 4 aromatic rings. The summed E-state index contributed by atoms with van der Waals surface area (Å²) in [6.07, 6.45) is 1.56. The average molecular weight is 413 g/mol. The molecule has 0 radical (unpaired) electrons. The number of rotatable bonds is 7. The van der Waals surface area contributed by atoms with E-state index in [0.29, 0.717) is 34.9 Å². The van der Waals surface area contributed by atoms with E-state index in [9.17, 15) is 9.59 Å². The highest BCUT2D eigenvalue weighted by Gasteiger charge is 2.20. The molecule has 6 nitrogen and oxygen atoms in total. The van der Waals surface area contributed by atoms with E-state index in [1.54, 1.807) is 29.9 Å². The number of anilines is 2. The Morgan fingerprint density at radius 2 is 1.68 bits per heavy atom. The molecule has 0 unspecified atom stereocenters. The summed E-state index contributed by atoms with van der Waals surface area (Å²) in [6, 6.07) is 24.1. The van der Waals surface area contributed by atoms with Crippen molar-refractivity contribution in [3.05, 3.63) is 118 Å². The number of benzene rings is 2. The fourth-order valence-corrected chi connectivity index (χ4v) is 3.46. The predicted molar refractivity (Wildman–Crippen MR) is 121 cm³/mol. The molecule has 6 heteroatoms. The smallest absolute Gasteiger partial charge is 0.259 e. The lowest BCUT2D eigenvalue weighted by Crippen LogP contribution is -2.28. The molecular formula is C25H23N3O3. The average Bonchev–Trinajstić information content (AvgIpc) is 3.30. The number of aromatic nitrogens is 1. The van der Waals surface area contributed by atoms with Crippen LogP contribution in [0.1, 0.15) is 27.4 Å². The van der Waals surface area contributed by atoms with Gasteiger partial charge in [0.2, 0.25) is 0 Å². The normalized spacial score (nSPS) is 10.6. The minimum absolute atomic E-state index is 0.208. The molecule has 0 atom stereocenters. The van der Waals surface area contributed by atoms with Crippen molar-refractivity contribution in [2.24, 2.45) is 0 Å². The zero-order chi connectivity index (χ0) is 21.6. The molecule has 2 aromatic carbocycles. The first-order chi connectivity index (χ1) is 15.1. The van der Waals surface area contributed by atoms with E-state index >= 15 is 0 Å². The van der Waals surface area contributed by atoms with Gasteiger partial charge >= 0.3 is 0 Å². The Hall–Kier alpha value is -4.06. The Balaban J connectivity index is 1.71. The van der Waals surface area contributed by atoms with Gasteiger partial charge in [0.15, 0.2) is 0 Å². The van der Waals surface area contributed by atoms with Crippen LogP contribution >= 0.6 is 0 Å². The van der Waals surface area contributed by atoms with E-state index in [0.717, 1.165) is 5.56 Å². The second kappa shape index (κ2) is 9.17. The van der Waals surface area contributed by atoms with Crippen LogP contribution in [-0.2, 0) is 13.1 Å². The number of nitrogens with one attached hydrogen (secondary N) is 2. The van der Waals surface area contributed by atoms with Crippen molar-refractivity contribution in [3.63, 3.8) is 0 Å². The van der Waals surface area contributed by atoms with Gasteiger partial charge in [-0.15, -0.1) is 0 Å². The zero-order valence-electron chi connectivity index (χ0n) is 17.2. The lowest BCUT2D eigenvalue weighted by Gasteiger charge is -2.18. The summed E-state index contributed by atoms with van der Waals surface area (Å²) in [5.74, 6) is 0.358. The van der Waals surface area contributed by atoms with Crippen molar-refractivity contribution in [1.29, 1.82) is 0 Å². The summed E-state index contributed by atoms with van der Waals surface area (Å²) in [5.41, 5.74) is 3.01. The molecule has 31 heavy (non-hydrogen) atoms. The number of hydrogen-bond donors (Lipinski definition) is 2. The zero-order valence-corrected chi connectivity index (χ0v) is 17.2. The summed E-state index contributed by atoms with van der Waals surface area (Å²) in [7, 11) is 0. The highest BCUT2D eigenvalue weighted by Crippen LogP contribution is 2.21. The van der Waals surface area contributed by atoms with Gasteiger partial charge in [0.05, 0.1) is 24.1 Å². The van der Waals surface area contributed by atoms with Crippen LogP contribution in [0.4, 0.5) is 11.4 Å². The van der Waals surface area contributed by atoms with Crippen molar-refractivity contribution in [3.8, 4) is 0 Å². The van der Waals surface area contributed by atoms with Crippen molar-refractivity contribution < 1.29 is 9.21 Å². The molecule has 0 spiro atoms. The monoisotopic (exact) mass is 413 g/mol. The van der Waals surface area contributed by atoms with Crippen LogP contribution in [0, 0.1) is 6.92 Å². The molecule has 0 fully saturated rings. The third kappa shape index (κ3) is 4.75. The molecule has 0 bridgehead atoms. The molecule has 2 aromatic heterocycles. The van der Waals surface area contributed by atoms with Gasteiger partial charge in [0.25, 0.3) is 11.5 Å². The first-order valence-electron chi connectivity index (χ1n) is 10.0. The predicted octanol–water partition coefficient (Wildman–Crippen LogP) is 4.66. The van der Waals surface area contributed by atoms with E-state index in [1.165, 1.54) is 6.07 Å². The van der Waals surface area contributed by atoms with Crippen LogP contribution in [0.25, 0.3) is 0 Å². The van der Waals surface area contributed by atoms with Gasteiger partial charge in [-0.25, -0.2) is 0 Å². The van der Waals surface area contributed by atoms with Crippen LogP contribution in [0.2, 0.25) is 0 Å². The van der Waals surface area contributed by atoms with E-state index < -0.39 is 0 Å². The number of hydrogen-bond acceptors (Lipinski definition) is 4. The molecule has 0 aliphatic carbocycles. The Morgan fingerprint density at radius 1 is 0.968 bits per heavy atom. The molecule has 2 N–H and O–H groups in total. The second-order valence-electron chi connectivity index (χ2n) is 7.18. The Kier molecular flexibility index (Phi) is 5.98. The second-order valence-corrected chi connectivity index (χ2v) is 7.18. The van der Waals surface area contributed by atoms with Crippen LogP contribution < -0.4 is 16.2 Å². The summed E-state index contributed by atoms with van der Waals surface area (Å²) >= 11 is 0. The maximum Gasteiger partial charge on any atom is 0.259 e. The number of carbonyl (C=O) groups is 1. The van der Waals surface area contributed by atoms with Gasteiger partial charge in [-0.2, -0.15) is 0 Å². The van der Waals surface area contributed by atoms with Gasteiger partial charge < -0.3 is 19.6 Å². The lowest BCUT2D eigenvalue weighted by atomic mass is 10.1. The van der Waals surface area contributed by atoms with Crippen LogP contribution in [0.3, 0.4) is 0 Å². The molecular weight excluding hydrogens is 390 g/mol. The summed E-state index contributed by atoms with van der Waals surface area (Å²) in [5, 5.41) is 6.19. The number of nitrogens with zero attached hydrogens (tertiary/aromatic N) is 1. The van der Waals surface area contributed by atoms with Gasteiger partial charge in [-0.3, -0.25) is 9.59 Å². The highest BCUT2D eigenvalue weighted by molar-refractivity contribution is 6.08. The summed E-state index contributed by atoms with van der Waals surface area (Å²) in [4.78, 5) is 26.1. The number of pyridine rings is 1. The van der Waals surface area contributed by atoms with Crippen molar-refractivity contribution in [2.45, 2.75) is 20.0 Å². The standard InChI is InChI=1S/C25H23N3O3/c1-18-24(25(30)27-20-11-6-3-7-12-20)22(26-16-19-9-4-2-5-10-19)15-23(29)28(18)17-21-13-8-14-31-21/h2-15,26H,16-17H2,1H3,(H,27,30). The summed E-state index contributed by atoms with van der Waals surface area (Å²) in [6.45, 7) is 2.52. The van der Waals surface area contributed by atoms with Crippen LogP contribution in [0.15, 0.2) is 94.3 Å². The first-order valence-corrected chi connectivity index (χ1v) is 10.0. The largest absolute Gasteiger partial charge is 0.467 e. The molecule has 0 saturated carbocycles. The molecule has 0 aliphatic heterocycles. The molecule has 0 aliphatic rings. The number of carbonyl (C=O) groups excluding carboxylic acids is 1. The van der Waals surface area contributed by atoms with Gasteiger partial charge in [-0.05, 0) is 36.8 Å². The molecule has 1 amide bonds. The fraction of sp³-hybridized carbons (Fsp3) is 0.120. The van der Waals surface area contributed by atoms with Gasteiger partial charge in [0.1, 0.15) is 5.76 Å². The van der Waals surface area contributed by atoms with Crippen molar-refractivity contribution in [1.82, 2.24) is 4.57 Å². The molecule has 4 rings (SSSR count). The van der Waals surface area contributed by atoms with Crippen LogP contribution in [0.5, 0.6) is 0 Å². The Bertz CT molecular complexity index is 1210. The molecule has 156 valence electrons. The van der Waals surface area contributed by atoms with Gasteiger partial charge in [0, 0.05) is 24.0 Å². The number of amides is 1. The third-order valence-electron chi connectivity index (χ3n) is 5.05. The first kappa shape index (κ1) is 20.2. The van der Waals surface area contributed by atoms with E-state index in [2.05, 4.69) is 10.6 Å². The lowest BCUT2D eigenvalue weighted by molar-refractivity contribution is 0.102. The highest BCUT2D eigenvalue weighted by atomic mass is 16.3. The fourth-order valence-electron chi connectivity index (χ4n) is 3.46. The quantitative estimate of drug-likeness (QED) is 0.462. The number of furan rings is 1. The molecule has 0 saturated heterocycles. The van der Waals surface area contributed by atoms with E-state index in [-0.39, 0.29) is 18.0 Å². The SMILES string of the molecule is Cc1c(C(=O)Nc2ccccc2)c(NCc2ccccc2)cc(=O)n1Cc1ccco1. The minimum atomic E-state index is -0.285. The van der Waals surface area contributed by atoms with Crippen molar-refractivity contribution >= 4 is 17.3 Å². The Morgan fingerprint density at radius 3 is 2.35 bits per heavy atom. The maximum atomic E-state index is 13.2. The van der Waals surface area contributed by atoms with Crippen molar-refractivity contribution in [2.75, 3.05) is 10.6 Å². The minimum Gasteiger partial charge on any atom is -0.467 e. The summed E-state index contributed by atoms with van der Waals surface area (Å²) < 4.78 is 6.95. The van der Waals surface area contributed by atoms with Crippen LogP contribution in [-0.4, -0.2) is 10.5 Å². The maximum absolute atomic E-state index is 13.2.